The second-order valence-electron chi connectivity index (χ2n) is 4.42. The summed E-state index contributed by atoms with van der Waals surface area (Å²) in [6.45, 7) is 0.681. The summed E-state index contributed by atoms with van der Waals surface area (Å²) in [5.41, 5.74) is 1.71. The van der Waals surface area contributed by atoms with E-state index in [4.69, 9.17) is 0 Å². The maximum absolute atomic E-state index is 13.1. The summed E-state index contributed by atoms with van der Waals surface area (Å²) in [7, 11) is 0. The van der Waals surface area contributed by atoms with E-state index in [-0.39, 0.29) is 5.25 Å². The van der Waals surface area contributed by atoms with E-state index in [2.05, 4.69) is 22.4 Å². The first-order valence-corrected chi connectivity index (χ1v) is 7.08. The molecule has 1 heterocycles. The number of benzene rings is 2. The van der Waals surface area contributed by atoms with Crippen LogP contribution in [0.5, 0.6) is 0 Å². The minimum absolute atomic E-state index is 0.268. The Bertz CT molecular complexity index is 644. The monoisotopic (exact) mass is 290 g/mol. The van der Waals surface area contributed by atoms with Crippen molar-refractivity contribution in [1.29, 1.82) is 0 Å². The van der Waals surface area contributed by atoms with E-state index < -0.39 is 11.6 Å². The molecule has 1 unspecified atom stereocenters. The largest absolute Gasteiger partial charge is 0.335 e. The fraction of sp³-hybridized carbons (Fsp3) is 0.133. The molecular weight excluding hydrogens is 278 g/mol. The zero-order valence-corrected chi connectivity index (χ0v) is 11.3. The molecule has 0 fully saturated rings. The molecule has 2 nitrogen and oxygen atoms in total. The topological polar surface area (TPSA) is 24.4 Å². The van der Waals surface area contributed by atoms with Gasteiger partial charge in [-0.25, -0.2) is 8.78 Å². The van der Waals surface area contributed by atoms with Gasteiger partial charge in [0, 0.05) is 11.8 Å². The van der Waals surface area contributed by atoms with Gasteiger partial charge in [-0.2, -0.15) is 0 Å². The predicted octanol–water partition coefficient (Wildman–Crippen LogP) is 4.22. The van der Waals surface area contributed by atoms with Crippen LogP contribution in [0, 0.1) is 11.6 Å². The Morgan fingerprint density at radius 3 is 2.60 bits per heavy atom. The molecule has 0 amide bonds. The van der Waals surface area contributed by atoms with Crippen molar-refractivity contribution >= 4 is 22.6 Å². The van der Waals surface area contributed by atoms with Crippen molar-refractivity contribution in [3.63, 3.8) is 0 Å². The van der Waals surface area contributed by atoms with Crippen LogP contribution in [0.3, 0.4) is 0 Å². The molecule has 0 saturated carbocycles. The number of amidine groups is 1. The lowest BCUT2D eigenvalue weighted by Crippen LogP contribution is -2.05. The van der Waals surface area contributed by atoms with Crippen molar-refractivity contribution in [2.45, 2.75) is 5.25 Å². The third kappa shape index (κ3) is 2.82. The second kappa shape index (κ2) is 5.63. The highest BCUT2D eigenvalue weighted by Gasteiger charge is 2.21. The van der Waals surface area contributed by atoms with Crippen molar-refractivity contribution in [3.05, 3.63) is 65.7 Å². The number of rotatable bonds is 2. The van der Waals surface area contributed by atoms with Crippen LogP contribution in [0.2, 0.25) is 0 Å². The number of hydrogen-bond donors (Lipinski definition) is 1. The highest BCUT2D eigenvalue weighted by atomic mass is 32.2. The van der Waals surface area contributed by atoms with Gasteiger partial charge in [0.15, 0.2) is 16.8 Å². The van der Waals surface area contributed by atoms with Gasteiger partial charge in [0.1, 0.15) is 0 Å². The SMILES string of the molecule is Fc1ccc(NC2=NCC(c3ccccc3)S2)cc1F. The molecule has 1 aliphatic heterocycles. The Labute approximate surface area is 119 Å². The summed E-state index contributed by atoms with van der Waals surface area (Å²) in [5.74, 6) is -1.71. The van der Waals surface area contributed by atoms with E-state index in [0.29, 0.717) is 12.2 Å². The fourth-order valence-electron chi connectivity index (χ4n) is 1.98. The average Bonchev–Trinajstić information content (AvgIpc) is 2.92. The number of nitrogens with zero attached hydrogens (tertiary/aromatic N) is 1. The summed E-state index contributed by atoms with van der Waals surface area (Å²) in [4.78, 5) is 4.39. The van der Waals surface area contributed by atoms with Gasteiger partial charge < -0.3 is 5.32 Å². The van der Waals surface area contributed by atoms with Crippen molar-refractivity contribution in [2.75, 3.05) is 11.9 Å². The smallest absolute Gasteiger partial charge is 0.161 e. The number of thioether (sulfide) groups is 1. The summed E-state index contributed by atoms with van der Waals surface area (Å²) in [6.07, 6.45) is 0. The van der Waals surface area contributed by atoms with Crippen LogP contribution in [0.15, 0.2) is 53.5 Å². The Morgan fingerprint density at radius 1 is 1.05 bits per heavy atom. The van der Waals surface area contributed by atoms with Crippen LogP contribution in [-0.4, -0.2) is 11.7 Å². The standard InChI is InChI=1S/C15H12F2N2S/c16-12-7-6-11(8-13(12)17)19-15-18-9-14(20-15)10-4-2-1-3-5-10/h1-8,14H,9H2,(H,18,19). The Hall–Kier alpha value is -1.88. The minimum atomic E-state index is -0.863. The number of nitrogens with one attached hydrogen (secondary N) is 1. The first-order chi connectivity index (χ1) is 9.72. The molecule has 2 aromatic rings. The number of halogens is 2. The second-order valence-corrected chi connectivity index (χ2v) is 5.61. The molecule has 1 N–H and O–H groups in total. The quantitative estimate of drug-likeness (QED) is 0.895. The first kappa shape index (κ1) is 13.1. The number of hydrogen-bond acceptors (Lipinski definition) is 3. The van der Waals surface area contributed by atoms with Gasteiger partial charge in [0.2, 0.25) is 0 Å². The lowest BCUT2D eigenvalue weighted by Gasteiger charge is -2.09. The zero-order chi connectivity index (χ0) is 13.9. The molecule has 0 spiro atoms. The highest BCUT2D eigenvalue weighted by molar-refractivity contribution is 8.14. The summed E-state index contributed by atoms with van der Waals surface area (Å²) in [6, 6.07) is 13.8. The molecule has 0 aromatic heterocycles. The molecule has 3 rings (SSSR count). The fourth-order valence-corrected chi connectivity index (χ4v) is 3.02. The van der Waals surface area contributed by atoms with E-state index in [1.54, 1.807) is 11.8 Å². The summed E-state index contributed by atoms with van der Waals surface area (Å²) < 4.78 is 26.0. The van der Waals surface area contributed by atoms with E-state index in [9.17, 15) is 8.78 Å². The van der Waals surface area contributed by atoms with Crippen LogP contribution >= 0.6 is 11.8 Å². The van der Waals surface area contributed by atoms with Crippen molar-refractivity contribution in [2.24, 2.45) is 4.99 Å². The Kier molecular flexibility index (Phi) is 3.69. The van der Waals surface area contributed by atoms with Crippen molar-refractivity contribution < 1.29 is 8.78 Å². The van der Waals surface area contributed by atoms with Gasteiger partial charge in [0.05, 0.1) is 11.8 Å². The molecule has 5 heteroatoms. The molecule has 0 aliphatic carbocycles. The van der Waals surface area contributed by atoms with Crippen LogP contribution in [0.1, 0.15) is 10.8 Å². The zero-order valence-electron chi connectivity index (χ0n) is 10.5. The van der Waals surface area contributed by atoms with Crippen molar-refractivity contribution in [3.8, 4) is 0 Å². The van der Waals surface area contributed by atoms with Gasteiger partial charge in [0.25, 0.3) is 0 Å². The van der Waals surface area contributed by atoms with Gasteiger partial charge in [-0.15, -0.1) is 0 Å². The molecule has 20 heavy (non-hydrogen) atoms. The molecular formula is C15H12F2N2S. The Morgan fingerprint density at radius 2 is 1.85 bits per heavy atom. The van der Waals surface area contributed by atoms with E-state index >= 15 is 0 Å². The molecule has 0 saturated heterocycles. The molecule has 0 bridgehead atoms. The minimum Gasteiger partial charge on any atom is -0.335 e. The maximum atomic E-state index is 13.1. The lowest BCUT2D eigenvalue weighted by molar-refractivity contribution is 0.509. The van der Waals surface area contributed by atoms with E-state index in [1.807, 2.05) is 18.2 Å². The predicted molar refractivity (Wildman–Crippen MR) is 79.1 cm³/mol. The lowest BCUT2D eigenvalue weighted by atomic mass is 10.1. The number of anilines is 1. The average molecular weight is 290 g/mol. The van der Waals surface area contributed by atoms with Gasteiger partial charge in [-0.05, 0) is 17.7 Å². The third-order valence-corrected chi connectivity index (χ3v) is 4.16. The van der Waals surface area contributed by atoms with Gasteiger partial charge in [-0.1, -0.05) is 42.1 Å². The molecule has 0 radical (unpaired) electrons. The van der Waals surface area contributed by atoms with Crippen molar-refractivity contribution in [1.82, 2.24) is 0 Å². The van der Waals surface area contributed by atoms with E-state index in [1.165, 1.54) is 11.6 Å². The molecule has 1 aliphatic rings. The maximum Gasteiger partial charge on any atom is 0.161 e. The molecule has 2 aromatic carbocycles. The number of aliphatic imine (C=N–C) groups is 1. The van der Waals surface area contributed by atoms with Gasteiger partial charge >= 0.3 is 0 Å². The Balaban J connectivity index is 1.67. The molecule has 1 atom stereocenters. The molecule has 102 valence electrons. The van der Waals surface area contributed by atoms with Crippen LogP contribution < -0.4 is 5.32 Å². The van der Waals surface area contributed by atoms with Crippen LogP contribution in [0.25, 0.3) is 0 Å². The summed E-state index contributed by atoms with van der Waals surface area (Å²) >= 11 is 1.59. The highest BCUT2D eigenvalue weighted by Crippen LogP contribution is 2.35. The van der Waals surface area contributed by atoms with Gasteiger partial charge in [-0.3, -0.25) is 4.99 Å². The summed E-state index contributed by atoms with van der Waals surface area (Å²) in [5, 5.41) is 4.01. The van der Waals surface area contributed by atoms with Crippen LogP contribution in [-0.2, 0) is 0 Å². The van der Waals surface area contributed by atoms with Crippen LogP contribution in [0.4, 0.5) is 14.5 Å². The third-order valence-electron chi connectivity index (χ3n) is 3.00. The van der Waals surface area contributed by atoms with E-state index in [0.717, 1.165) is 17.3 Å². The normalized spacial score (nSPS) is 17.9. The first-order valence-electron chi connectivity index (χ1n) is 6.20.